The number of anilines is 1. The van der Waals surface area contributed by atoms with Gasteiger partial charge in [-0.2, -0.15) is 0 Å². The molecule has 0 atom stereocenters. The number of halogens is 1. The third-order valence-electron chi connectivity index (χ3n) is 3.71. The summed E-state index contributed by atoms with van der Waals surface area (Å²) in [6, 6.07) is 13.1. The predicted octanol–water partition coefficient (Wildman–Crippen LogP) is 2.89. The van der Waals surface area contributed by atoms with E-state index in [1.54, 1.807) is 13.2 Å². The van der Waals surface area contributed by atoms with E-state index in [1.807, 2.05) is 24.3 Å². The first-order valence-electron chi connectivity index (χ1n) is 7.93. The molecule has 0 aliphatic heterocycles. The summed E-state index contributed by atoms with van der Waals surface area (Å²) in [5.74, 6) is -0.0954. The molecule has 5 nitrogen and oxygen atoms in total. The molecule has 0 aromatic heterocycles. The van der Waals surface area contributed by atoms with Crippen molar-refractivity contribution in [2.75, 3.05) is 18.6 Å². The molecule has 2 aromatic carbocycles. The number of methoxy groups -OCH3 is 1. The second-order valence-corrected chi connectivity index (χ2v) is 5.53. The lowest BCUT2D eigenvalue weighted by molar-refractivity contribution is -0.121. The van der Waals surface area contributed by atoms with Gasteiger partial charge in [0.15, 0.2) is 0 Å². The summed E-state index contributed by atoms with van der Waals surface area (Å²) < 4.78 is 18.4. The fraction of sp³-hybridized carbons (Fsp3) is 0.263. The molecule has 132 valence electrons. The van der Waals surface area contributed by atoms with Gasteiger partial charge < -0.3 is 15.0 Å². The zero-order chi connectivity index (χ0) is 18.2. The molecule has 0 saturated carbocycles. The Morgan fingerprint density at radius 3 is 2.48 bits per heavy atom. The molecular formula is C19H21FN2O3. The van der Waals surface area contributed by atoms with E-state index in [4.69, 9.17) is 4.74 Å². The highest BCUT2D eigenvalue weighted by atomic mass is 19.1. The molecule has 6 heteroatoms. The number of hydrogen-bond donors (Lipinski definition) is 1. The van der Waals surface area contributed by atoms with E-state index >= 15 is 0 Å². The minimum absolute atomic E-state index is 0.131. The Hall–Kier alpha value is -2.89. The van der Waals surface area contributed by atoms with Gasteiger partial charge in [0.05, 0.1) is 7.11 Å². The molecule has 0 aliphatic carbocycles. The van der Waals surface area contributed by atoms with Crippen molar-refractivity contribution in [2.45, 2.75) is 19.9 Å². The maximum Gasteiger partial charge on any atom is 0.223 e. The molecular weight excluding hydrogens is 323 g/mol. The van der Waals surface area contributed by atoms with Crippen molar-refractivity contribution in [1.29, 1.82) is 0 Å². The molecule has 0 bridgehead atoms. The molecule has 0 heterocycles. The Bertz CT molecular complexity index is 732. The average Bonchev–Trinajstić information content (AvgIpc) is 2.60. The summed E-state index contributed by atoms with van der Waals surface area (Å²) in [4.78, 5) is 25.2. The Labute approximate surface area is 146 Å². The van der Waals surface area contributed by atoms with Gasteiger partial charge in [-0.25, -0.2) is 4.39 Å². The molecule has 2 rings (SSSR count). The molecule has 0 spiro atoms. The molecule has 0 fully saturated rings. The molecule has 0 radical (unpaired) electrons. The standard InChI is InChI=1S/C19H21FN2O3/c1-14(23)22(17-5-3-4-16(20)12-17)11-10-19(24)21-13-15-6-8-18(25-2)9-7-15/h3-9,12H,10-11,13H2,1-2H3,(H,21,24). The zero-order valence-corrected chi connectivity index (χ0v) is 14.3. The van der Waals surface area contributed by atoms with Gasteiger partial charge in [0.25, 0.3) is 0 Å². The second kappa shape index (κ2) is 8.82. The number of hydrogen-bond acceptors (Lipinski definition) is 3. The van der Waals surface area contributed by atoms with Crippen LogP contribution in [0.1, 0.15) is 18.9 Å². The van der Waals surface area contributed by atoms with E-state index in [2.05, 4.69) is 5.32 Å². The Morgan fingerprint density at radius 2 is 1.88 bits per heavy atom. The van der Waals surface area contributed by atoms with Gasteiger partial charge in [-0.3, -0.25) is 9.59 Å². The van der Waals surface area contributed by atoms with Crippen LogP contribution < -0.4 is 15.0 Å². The number of carbonyl (C=O) groups excluding carboxylic acids is 2. The summed E-state index contributed by atoms with van der Waals surface area (Å²) in [7, 11) is 1.59. The van der Waals surface area contributed by atoms with Crippen LogP contribution in [0.3, 0.4) is 0 Å². The van der Waals surface area contributed by atoms with Crippen molar-refractivity contribution in [3.05, 3.63) is 59.9 Å². The number of carbonyl (C=O) groups is 2. The largest absolute Gasteiger partial charge is 0.497 e. The topological polar surface area (TPSA) is 58.6 Å². The van der Waals surface area contributed by atoms with Gasteiger partial charge in [0.2, 0.25) is 11.8 Å². The number of amides is 2. The van der Waals surface area contributed by atoms with E-state index < -0.39 is 5.82 Å². The molecule has 2 aromatic rings. The normalized spacial score (nSPS) is 10.2. The SMILES string of the molecule is COc1ccc(CNC(=O)CCN(C(C)=O)c2cccc(F)c2)cc1. The molecule has 0 saturated heterocycles. The third-order valence-corrected chi connectivity index (χ3v) is 3.71. The van der Waals surface area contributed by atoms with Crippen LogP contribution in [0, 0.1) is 5.82 Å². The zero-order valence-electron chi connectivity index (χ0n) is 14.3. The lowest BCUT2D eigenvalue weighted by Crippen LogP contribution is -2.33. The second-order valence-electron chi connectivity index (χ2n) is 5.53. The average molecular weight is 344 g/mol. The summed E-state index contributed by atoms with van der Waals surface area (Å²) in [5.41, 5.74) is 1.39. The van der Waals surface area contributed by atoms with Crippen molar-refractivity contribution in [1.82, 2.24) is 5.32 Å². The summed E-state index contributed by atoms with van der Waals surface area (Å²) in [6.07, 6.45) is 0.131. The number of rotatable bonds is 7. The van der Waals surface area contributed by atoms with Crippen molar-refractivity contribution in [2.24, 2.45) is 0 Å². The lowest BCUT2D eigenvalue weighted by Gasteiger charge is -2.21. The van der Waals surface area contributed by atoms with Crippen molar-refractivity contribution >= 4 is 17.5 Å². The molecule has 25 heavy (non-hydrogen) atoms. The van der Waals surface area contributed by atoms with E-state index in [9.17, 15) is 14.0 Å². The van der Waals surface area contributed by atoms with Gasteiger partial charge in [-0.05, 0) is 35.9 Å². The number of benzene rings is 2. The van der Waals surface area contributed by atoms with Gasteiger partial charge in [-0.15, -0.1) is 0 Å². The Balaban J connectivity index is 1.87. The highest BCUT2D eigenvalue weighted by molar-refractivity contribution is 5.92. The van der Waals surface area contributed by atoms with Crippen LogP contribution in [0.15, 0.2) is 48.5 Å². The molecule has 2 amide bonds. The number of ether oxygens (including phenoxy) is 1. The Morgan fingerprint density at radius 1 is 1.16 bits per heavy atom. The third kappa shape index (κ3) is 5.60. The number of nitrogens with one attached hydrogen (secondary N) is 1. The van der Waals surface area contributed by atoms with Crippen LogP contribution in [0.2, 0.25) is 0 Å². The van der Waals surface area contributed by atoms with Crippen LogP contribution in [0.25, 0.3) is 0 Å². The van der Waals surface area contributed by atoms with E-state index in [-0.39, 0.29) is 24.8 Å². The first kappa shape index (κ1) is 18.4. The molecule has 0 aliphatic rings. The van der Waals surface area contributed by atoms with Gasteiger partial charge in [-0.1, -0.05) is 18.2 Å². The maximum atomic E-state index is 13.3. The van der Waals surface area contributed by atoms with Gasteiger partial charge >= 0.3 is 0 Å². The van der Waals surface area contributed by atoms with Crippen LogP contribution in [0.4, 0.5) is 10.1 Å². The van der Waals surface area contributed by atoms with Gasteiger partial charge in [0.1, 0.15) is 11.6 Å². The van der Waals surface area contributed by atoms with Crippen LogP contribution in [-0.2, 0) is 16.1 Å². The highest BCUT2D eigenvalue weighted by Crippen LogP contribution is 2.16. The van der Waals surface area contributed by atoms with Crippen LogP contribution in [-0.4, -0.2) is 25.5 Å². The smallest absolute Gasteiger partial charge is 0.223 e. The minimum Gasteiger partial charge on any atom is -0.497 e. The number of nitrogens with zero attached hydrogens (tertiary/aromatic N) is 1. The van der Waals surface area contributed by atoms with E-state index in [0.29, 0.717) is 12.2 Å². The summed E-state index contributed by atoms with van der Waals surface area (Å²) in [6.45, 7) is 1.97. The minimum atomic E-state index is -0.423. The highest BCUT2D eigenvalue weighted by Gasteiger charge is 2.14. The van der Waals surface area contributed by atoms with Crippen molar-refractivity contribution in [3.63, 3.8) is 0 Å². The monoisotopic (exact) mass is 344 g/mol. The van der Waals surface area contributed by atoms with Crippen molar-refractivity contribution < 1.29 is 18.7 Å². The first-order chi connectivity index (χ1) is 12.0. The van der Waals surface area contributed by atoms with Crippen molar-refractivity contribution in [3.8, 4) is 5.75 Å². The summed E-state index contributed by atoms with van der Waals surface area (Å²) in [5, 5.41) is 2.80. The maximum absolute atomic E-state index is 13.3. The van der Waals surface area contributed by atoms with E-state index in [0.717, 1.165) is 11.3 Å². The Kier molecular flexibility index (Phi) is 6.51. The fourth-order valence-corrected chi connectivity index (χ4v) is 2.36. The van der Waals surface area contributed by atoms with Gasteiger partial charge in [0, 0.05) is 32.1 Å². The molecule has 1 N–H and O–H groups in total. The first-order valence-corrected chi connectivity index (χ1v) is 7.93. The lowest BCUT2D eigenvalue weighted by atomic mass is 10.2. The predicted molar refractivity (Wildman–Crippen MR) is 93.9 cm³/mol. The van der Waals surface area contributed by atoms with E-state index in [1.165, 1.54) is 30.0 Å². The van der Waals surface area contributed by atoms with Crippen LogP contribution >= 0.6 is 0 Å². The molecule has 0 unspecified atom stereocenters. The van der Waals surface area contributed by atoms with Crippen LogP contribution in [0.5, 0.6) is 5.75 Å². The quantitative estimate of drug-likeness (QED) is 0.840. The fourth-order valence-electron chi connectivity index (χ4n) is 2.36. The summed E-state index contributed by atoms with van der Waals surface area (Å²) >= 11 is 0.